The van der Waals surface area contributed by atoms with Crippen LogP contribution in [0.15, 0.2) is 34.3 Å². The molecule has 1 aliphatic rings. The molecule has 9 heteroatoms. The standard InChI is InChI=1S/C22H24N2O7/c1-12(25)24(23-27)16-8-6-13-10-19(29-3)21(30-4)22(31-5)20(13)14-7-9-18(28-2)17(26)11-15(14)16/h7,9-11,16H,6,8H2,1-5H3/t16-/m0/s1. The van der Waals surface area contributed by atoms with E-state index >= 15 is 0 Å². The maximum atomic E-state index is 12.7. The zero-order valence-electron chi connectivity index (χ0n) is 18.1. The number of nitroso groups, excluding NO2 is 1. The Bertz CT molecular complexity index is 1080. The number of fused-ring (bicyclic) bond motifs is 3. The summed E-state index contributed by atoms with van der Waals surface area (Å²) in [5.74, 6) is 0.902. The highest BCUT2D eigenvalue weighted by Crippen LogP contribution is 2.51. The van der Waals surface area contributed by atoms with Crippen LogP contribution in [0, 0.1) is 4.91 Å². The van der Waals surface area contributed by atoms with E-state index in [1.807, 2.05) is 6.07 Å². The molecule has 31 heavy (non-hydrogen) atoms. The van der Waals surface area contributed by atoms with Gasteiger partial charge in [0.05, 0.1) is 39.8 Å². The van der Waals surface area contributed by atoms with Crippen LogP contribution in [-0.2, 0) is 11.2 Å². The number of benzene rings is 1. The Morgan fingerprint density at radius 2 is 1.68 bits per heavy atom. The molecule has 9 nitrogen and oxygen atoms in total. The van der Waals surface area contributed by atoms with Crippen LogP contribution in [0.1, 0.15) is 30.5 Å². The number of amides is 1. The van der Waals surface area contributed by atoms with Crippen molar-refractivity contribution in [2.75, 3.05) is 28.4 Å². The average molecular weight is 428 g/mol. The minimum atomic E-state index is -0.746. The Labute approximate surface area is 179 Å². The van der Waals surface area contributed by atoms with Crippen molar-refractivity contribution in [1.29, 1.82) is 0 Å². The normalized spacial score (nSPS) is 14.4. The van der Waals surface area contributed by atoms with E-state index in [2.05, 4.69) is 5.29 Å². The molecule has 164 valence electrons. The lowest BCUT2D eigenvalue weighted by molar-refractivity contribution is -0.131. The number of carbonyl (C=O) groups is 1. The van der Waals surface area contributed by atoms with Crippen LogP contribution >= 0.6 is 0 Å². The molecule has 0 heterocycles. The molecule has 0 N–H and O–H groups in total. The number of methoxy groups -OCH3 is 4. The van der Waals surface area contributed by atoms with Crippen LogP contribution in [0.3, 0.4) is 0 Å². The first-order valence-corrected chi connectivity index (χ1v) is 9.59. The van der Waals surface area contributed by atoms with Crippen molar-refractivity contribution in [2.45, 2.75) is 25.8 Å². The largest absolute Gasteiger partial charge is 0.493 e. The number of hydrogen-bond donors (Lipinski definition) is 0. The Kier molecular flexibility index (Phi) is 6.43. The maximum Gasteiger partial charge on any atom is 0.242 e. The SMILES string of the molecule is COc1cc2c(c(OC)c1OC)-c1ccc(OC)c(=O)cc1[C@@H](N(N=O)C(C)=O)CC2. The minimum Gasteiger partial charge on any atom is -0.493 e. The molecule has 2 aromatic carbocycles. The third-order valence-electron chi connectivity index (χ3n) is 5.39. The molecule has 2 aromatic rings. The van der Waals surface area contributed by atoms with Crippen molar-refractivity contribution in [3.63, 3.8) is 0 Å². The molecule has 1 amide bonds. The summed E-state index contributed by atoms with van der Waals surface area (Å²) in [5, 5.41) is 3.80. The number of aryl methyl sites for hydroxylation is 1. The van der Waals surface area contributed by atoms with Crippen LogP contribution in [-0.4, -0.2) is 39.4 Å². The predicted molar refractivity (Wildman–Crippen MR) is 114 cm³/mol. The molecular weight excluding hydrogens is 404 g/mol. The fourth-order valence-electron chi connectivity index (χ4n) is 4.03. The highest BCUT2D eigenvalue weighted by molar-refractivity contribution is 5.83. The summed E-state index contributed by atoms with van der Waals surface area (Å²) < 4.78 is 21.9. The third kappa shape index (κ3) is 3.78. The van der Waals surface area contributed by atoms with E-state index in [1.165, 1.54) is 41.4 Å². The van der Waals surface area contributed by atoms with Crippen LogP contribution in [0.4, 0.5) is 0 Å². The first-order valence-electron chi connectivity index (χ1n) is 9.59. The molecular formula is C22H24N2O7. The van der Waals surface area contributed by atoms with Crippen LogP contribution < -0.4 is 24.4 Å². The predicted octanol–water partition coefficient (Wildman–Crippen LogP) is 3.27. The van der Waals surface area contributed by atoms with Crippen LogP contribution in [0.2, 0.25) is 0 Å². The fourth-order valence-corrected chi connectivity index (χ4v) is 4.03. The highest BCUT2D eigenvalue weighted by Gasteiger charge is 2.33. The van der Waals surface area contributed by atoms with E-state index < -0.39 is 11.9 Å². The van der Waals surface area contributed by atoms with Gasteiger partial charge in [0.1, 0.15) is 0 Å². The van der Waals surface area contributed by atoms with Gasteiger partial charge in [-0.15, -0.1) is 4.91 Å². The van der Waals surface area contributed by atoms with Crippen molar-refractivity contribution in [3.05, 3.63) is 50.5 Å². The molecule has 0 saturated heterocycles. The average Bonchev–Trinajstić information content (AvgIpc) is 3.01. The molecule has 0 fully saturated rings. The van der Waals surface area contributed by atoms with Gasteiger partial charge in [0, 0.05) is 12.5 Å². The van der Waals surface area contributed by atoms with E-state index in [1.54, 1.807) is 12.1 Å². The lowest BCUT2D eigenvalue weighted by Gasteiger charge is -2.23. The van der Waals surface area contributed by atoms with Gasteiger partial charge < -0.3 is 18.9 Å². The number of hydrogen-bond acceptors (Lipinski definition) is 8. The Morgan fingerprint density at radius 1 is 1.00 bits per heavy atom. The molecule has 0 aliphatic heterocycles. The van der Waals surface area contributed by atoms with Gasteiger partial charge in [0.2, 0.25) is 17.1 Å². The van der Waals surface area contributed by atoms with Crippen molar-refractivity contribution >= 4 is 5.91 Å². The minimum absolute atomic E-state index is 0.126. The second-order valence-electron chi connectivity index (χ2n) is 6.96. The number of ether oxygens (including phenoxy) is 4. The molecule has 0 spiro atoms. The van der Waals surface area contributed by atoms with E-state index in [0.717, 1.165) is 10.6 Å². The van der Waals surface area contributed by atoms with E-state index in [0.29, 0.717) is 46.8 Å². The van der Waals surface area contributed by atoms with Gasteiger partial charge in [-0.25, -0.2) is 0 Å². The summed E-state index contributed by atoms with van der Waals surface area (Å²) >= 11 is 0. The zero-order chi connectivity index (χ0) is 22.7. The second-order valence-corrected chi connectivity index (χ2v) is 6.96. The van der Waals surface area contributed by atoms with Crippen molar-refractivity contribution in [2.24, 2.45) is 5.29 Å². The topological polar surface area (TPSA) is 104 Å². The number of nitrogens with zero attached hydrogens (tertiary/aromatic N) is 2. The van der Waals surface area contributed by atoms with Crippen LogP contribution in [0.25, 0.3) is 11.1 Å². The first-order chi connectivity index (χ1) is 14.9. The quantitative estimate of drug-likeness (QED) is 0.514. The van der Waals surface area contributed by atoms with Gasteiger partial charge >= 0.3 is 0 Å². The smallest absolute Gasteiger partial charge is 0.242 e. The van der Waals surface area contributed by atoms with Crippen LogP contribution in [0.5, 0.6) is 23.0 Å². The monoisotopic (exact) mass is 428 g/mol. The number of carbonyl (C=O) groups excluding carboxylic acids is 1. The summed E-state index contributed by atoms with van der Waals surface area (Å²) in [7, 11) is 5.94. The van der Waals surface area contributed by atoms with E-state index in [-0.39, 0.29) is 11.2 Å². The molecule has 0 aromatic heterocycles. The maximum absolute atomic E-state index is 12.7. The Balaban J connectivity index is 2.46. The molecule has 0 bridgehead atoms. The molecule has 0 unspecified atom stereocenters. The highest BCUT2D eigenvalue weighted by atomic mass is 16.5. The van der Waals surface area contributed by atoms with Crippen molar-refractivity contribution < 1.29 is 23.7 Å². The molecule has 0 saturated carbocycles. The van der Waals surface area contributed by atoms with Crippen molar-refractivity contribution in [1.82, 2.24) is 5.01 Å². The van der Waals surface area contributed by atoms with Crippen molar-refractivity contribution in [3.8, 4) is 34.1 Å². The second kappa shape index (κ2) is 9.03. The molecule has 1 atom stereocenters. The van der Waals surface area contributed by atoms with Gasteiger partial charge in [-0.2, -0.15) is 5.01 Å². The summed E-state index contributed by atoms with van der Waals surface area (Å²) in [6.07, 6.45) is 0.829. The van der Waals surface area contributed by atoms with Gasteiger partial charge in [-0.1, -0.05) is 6.07 Å². The van der Waals surface area contributed by atoms with Gasteiger partial charge in [0.25, 0.3) is 0 Å². The summed E-state index contributed by atoms with van der Waals surface area (Å²) in [6, 6.07) is 5.73. The molecule has 3 rings (SSSR count). The third-order valence-corrected chi connectivity index (χ3v) is 5.39. The summed E-state index contributed by atoms with van der Waals surface area (Å²) in [5.41, 5.74) is 2.22. The van der Waals surface area contributed by atoms with Gasteiger partial charge in [-0.05, 0) is 47.7 Å². The fraction of sp³-hybridized carbons (Fsp3) is 0.364. The number of rotatable bonds is 6. The Hall–Kier alpha value is -3.62. The molecule has 1 aliphatic carbocycles. The first kappa shape index (κ1) is 22.1. The van der Waals surface area contributed by atoms with E-state index in [4.69, 9.17) is 18.9 Å². The molecule has 0 radical (unpaired) electrons. The lowest BCUT2D eigenvalue weighted by Crippen LogP contribution is -2.28. The zero-order valence-corrected chi connectivity index (χ0v) is 18.1. The summed E-state index contributed by atoms with van der Waals surface area (Å²) in [6.45, 7) is 1.26. The van der Waals surface area contributed by atoms with Gasteiger partial charge in [0.15, 0.2) is 17.2 Å². The summed E-state index contributed by atoms with van der Waals surface area (Å²) in [4.78, 5) is 36.4. The van der Waals surface area contributed by atoms with Gasteiger partial charge in [-0.3, -0.25) is 9.59 Å². The van der Waals surface area contributed by atoms with E-state index in [9.17, 15) is 14.5 Å². The Morgan fingerprint density at radius 3 is 2.23 bits per heavy atom. The lowest BCUT2D eigenvalue weighted by atomic mass is 9.95.